The second-order valence-electron chi connectivity index (χ2n) is 8.61. The summed E-state index contributed by atoms with van der Waals surface area (Å²) >= 11 is 0. The number of hydrogen-bond acceptors (Lipinski definition) is 4. The number of carbonyl (C=O) groups is 2. The molecule has 1 fully saturated rings. The Bertz CT molecular complexity index is 1260. The monoisotopic (exact) mass is 479 g/mol. The molecule has 2 amide bonds. The van der Waals surface area contributed by atoms with Crippen molar-refractivity contribution in [3.63, 3.8) is 0 Å². The summed E-state index contributed by atoms with van der Waals surface area (Å²) in [5.41, 5.74) is 0.951. The lowest BCUT2D eigenvalue weighted by atomic mass is 10.0. The Kier molecular flexibility index (Phi) is 7.29. The van der Waals surface area contributed by atoms with E-state index in [-0.39, 0.29) is 17.9 Å². The first-order chi connectivity index (χ1) is 16.3. The predicted octanol–water partition coefficient (Wildman–Crippen LogP) is 2.86. The van der Waals surface area contributed by atoms with Gasteiger partial charge in [-0.25, -0.2) is 8.42 Å². The highest BCUT2D eigenvalue weighted by atomic mass is 32.2. The van der Waals surface area contributed by atoms with Crippen LogP contribution in [0.1, 0.15) is 25.3 Å². The zero-order chi connectivity index (χ0) is 24.1. The zero-order valence-electron chi connectivity index (χ0n) is 19.1. The summed E-state index contributed by atoms with van der Waals surface area (Å²) in [7, 11) is -3.65. The van der Waals surface area contributed by atoms with Crippen LogP contribution in [0.5, 0.6) is 0 Å². The molecule has 1 atom stereocenters. The molecule has 0 bridgehead atoms. The average molecular weight is 480 g/mol. The Labute approximate surface area is 200 Å². The molecular weight excluding hydrogens is 450 g/mol. The fourth-order valence-electron chi connectivity index (χ4n) is 4.41. The minimum absolute atomic E-state index is 0.154. The highest BCUT2D eigenvalue weighted by Crippen LogP contribution is 2.27. The Morgan fingerprint density at radius 2 is 1.59 bits per heavy atom. The summed E-state index contributed by atoms with van der Waals surface area (Å²) in [6.07, 6.45) is 1.41. The summed E-state index contributed by atoms with van der Waals surface area (Å²) in [5.74, 6) is -0.526. The minimum Gasteiger partial charge on any atom is -0.351 e. The summed E-state index contributed by atoms with van der Waals surface area (Å²) in [6.45, 7) is 2.03. The van der Waals surface area contributed by atoms with Gasteiger partial charge in [0.05, 0.1) is 4.90 Å². The quantitative estimate of drug-likeness (QED) is 0.545. The van der Waals surface area contributed by atoms with Gasteiger partial charge in [-0.3, -0.25) is 9.59 Å². The van der Waals surface area contributed by atoms with Crippen molar-refractivity contribution in [1.82, 2.24) is 14.9 Å². The van der Waals surface area contributed by atoms with E-state index in [9.17, 15) is 18.0 Å². The van der Waals surface area contributed by atoms with Crippen LogP contribution in [0, 0.1) is 0 Å². The van der Waals surface area contributed by atoms with E-state index < -0.39 is 16.1 Å². The number of sulfonamides is 1. The van der Waals surface area contributed by atoms with E-state index in [4.69, 9.17) is 0 Å². The van der Waals surface area contributed by atoms with Crippen LogP contribution >= 0.6 is 0 Å². The van der Waals surface area contributed by atoms with Crippen molar-refractivity contribution in [2.75, 3.05) is 13.1 Å². The standard InChI is InChI=1S/C26H29N3O4S/c1-19(30)27-24(18-20-8-3-2-4-9-20)26(31)28-22-14-16-29(17-15-22)34(32,33)25-13-7-11-21-10-5-6-12-23(21)25/h2-13,22,24H,14-18H2,1H3,(H,27,30)(H,28,31)/t24-/m0/s1. The van der Waals surface area contributed by atoms with Crippen molar-refractivity contribution in [1.29, 1.82) is 0 Å². The van der Waals surface area contributed by atoms with Crippen molar-refractivity contribution < 1.29 is 18.0 Å². The lowest BCUT2D eigenvalue weighted by Gasteiger charge is -2.32. The van der Waals surface area contributed by atoms with E-state index >= 15 is 0 Å². The van der Waals surface area contributed by atoms with Crippen molar-refractivity contribution in [3.05, 3.63) is 78.4 Å². The molecule has 1 aliphatic heterocycles. The van der Waals surface area contributed by atoms with Crippen molar-refractivity contribution in [3.8, 4) is 0 Å². The van der Waals surface area contributed by atoms with Gasteiger partial charge in [-0.2, -0.15) is 4.31 Å². The molecule has 0 radical (unpaired) electrons. The number of piperidine rings is 1. The lowest BCUT2D eigenvalue weighted by Crippen LogP contribution is -2.53. The summed E-state index contributed by atoms with van der Waals surface area (Å²) < 4.78 is 28.2. The topological polar surface area (TPSA) is 95.6 Å². The molecule has 0 spiro atoms. The molecule has 8 heteroatoms. The van der Waals surface area contributed by atoms with Gasteiger partial charge in [0.1, 0.15) is 6.04 Å². The van der Waals surface area contributed by atoms with Crippen molar-refractivity contribution in [2.24, 2.45) is 0 Å². The number of hydrogen-bond donors (Lipinski definition) is 2. The average Bonchev–Trinajstić information content (AvgIpc) is 2.84. The highest BCUT2D eigenvalue weighted by Gasteiger charge is 2.32. The smallest absolute Gasteiger partial charge is 0.243 e. The predicted molar refractivity (Wildman–Crippen MR) is 132 cm³/mol. The lowest BCUT2D eigenvalue weighted by molar-refractivity contribution is -0.128. The largest absolute Gasteiger partial charge is 0.351 e. The molecule has 4 rings (SSSR count). The van der Waals surface area contributed by atoms with Gasteiger partial charge in [0, 0.05) is 37.9 Å². The third kappa shape index (κ3) is 5.46. The Morgan fingerprint density at radius 3 is 2.29 bits per heavy atom. The van der Waals surface area contributed by atoms with Gasteiger partial charge in [0.2, 0.25) is 21.8 Å². The first-order valence-electron chi connectivity index (χ1n) is 11.4. The first kappa shape index (κ1) is 23.9. The van der Waals surface area contributed by atoms with Gasteiger partial charge in [0.25, 0.3) is 0 Å². The number of carbonyl (C=O) groups excluding carboxylic acids is 2. The van der Waals surface area contributed by atoms with Crippen LogP contribution in [0.25, 0.3) is 10.8 Å². The Balaban J connectivity index is 1.40. The molecule has 0 unspecified atom stereocenters. The van der Waals surface area contributed by atoms with Crippen LogP contribution in [0.4, 0.5) is 0 Å². The van der Waals surface area contributed by atoms with Gasteiger partial charge in [-0.1, -0.05) is 66.7 Å². The van der Waals surface area contributed by atoms with Crippen LogP contribution in [0.2, 0.25) is 0 Å². The van der Waals surface area contributed by atoms with Crippen LogP contribution in [0.15, 0.2) is 77.7 Å². The molecule has 0 saturated carbocycles. The summed E-state index contributed by atoms with van der Waals surface area (Å²) in [4.78, 5) is 24.9. The van der Waals surface area contributed by atoms with E-state index in [2.05, 4.69) is 10.6 Å². The molecular formula is C26H29N3O4S. The fraction of sp³-hybridized carbons (Fsp3) is 0.308. The molecule has 1 saturated heterocycles. The minimum atomic E-state index is -3.65. The van der Waals surface area contributed by atoms with Crippen LogP contribution in [-0.4, -0.2) is 49.7 Å². The normalized spacial score (nSPS) is 16.1. The van der Waals surface area contributed by atoms with Gasteiger partial charge in [0.15, 0.2) is 0 Å². The number of amides is 2. The third-order valence-corrected chi connectivity index (χ3v) is 8.10. The van der Waals surface area contributed by atoms with E-state index in [1.165, 1.54) is 11.2 Å². The van der Waals surface area contributed by atoms with Gasteiger partial charge < -0.3 is 10.6 Å². The molecule has 2 N–H and O–H groups in total. The van der Waals surface area contributed by atoms with Crippen LogP contribution in [-0.2, 0) is 26.0 Å². The number of benzene rings is 3. The molecule has 1 heterocycles. The summed E-state index contributed by atoms with van der Waals surface area (Å²) in [6, 6.07) is 21.4. The van der Waals surface area contributed by atoms with Gasteiger partial charge in [-0.05, 0) is 29.9 Å². The SMILES string of the molecule is CC(=O)N[C@@H](Cc1ccccc1)C(=O)NC1CCN(S(=O)(=O)c2cccc3ccccc23)CC1. The Hall–Kier alpha value is -3.23. The molecule has 178 valence electrons. The van der Waals surface area contributed by atoms with E-state index in [0.717, 1.165) is 10.9 Å². The number of nitrogens with zero attached hydrogens (tertiary/aromatic N) is 1. The van der Waals surface area contributed by atoms with Crippen LogP contribution < -0.4 is 10.6 Å². The molecule has 3 aromatic rings. The number of rotatable bonds is 7. The maximum Gasteiger partial charge on any atom is 0.243 e. The Morgan fingerprint density at radius 1 is 0.941 bits per heavy atom. The maximum atomic E-state index is 13.4. The first-order valence-corrected chi connectivity index (χ1v) is 12.9. The third-order valence-electron chi connectivity index (χ3n) is 6.14. The van der Waals surface area contributed by atoms with E-state index in [0.29, 0.717) is 42.6 Å². The van der Waals surface area contributed by atoms with Crippen molar-refractivity contribution in [2.45, 2.75) is 43.2 Å². The van der Waals surface area contributed by atoms with Gasteiger partial charge in [-0.15, -0.1) is 0 Å². The molecule has 3 aromatic carbocycles. The highest BCUT2D eigenvalue weighted by molar-refractivity contribution is 7.89. The van der Waals surface area contributed by atoms with E-state index in [1.54, 1.807) is 12.1 Å². The number of nitrogens with one attached hydrogen (secondary N) is 2. The molecule has 34 heavy (non-hydrogen) atoms. The molecule has 1 aliphatic rings. The van der Waals surface area contributed by atoms with E-state index in [1.807, 2.05) is 60.7 Å². The fourth-order valence-corrected chi connectivity index (χ4v) is 6.09. The maximum absolute atomic E-state index is 13.4. The molecule has 7 nitrogen and oxygen atoms in total. The zero-order valence-corrected chi connectivity index (χ0v) is 19.9. The summed E-state index contributed by atoms with van der Waals surface area (Å²) in [5, 5.41) is 7.33. The number of fused-ring (bicyclic) bond motifs is 1. The van der Waals surface area contributed by atoms with Crippen LogP contribution in [0.3, 0.4) is 0 Å². The van der Waals surface area contributed by atoms with Crippen molar-refractivity contribution >= 4 is 32.6 Å². The molecule has 0 aromatic heterocycles. The second kappa shape index (κ2) is 10.4. The van der Waals surface area contributed by atoms with Gasteiger partial charge >= 0.3 is 0 Å². The second-order valence-corrected chi connectivity index (χ2v) is 10.5. The molecule has 0 aliphatic carbocycles.